The van der Waals surface area contributed by atoms with Crippen LogP contribution in [0.3, 0.4) is 0 Å². The van der Waals surface area contributed by atoms with Gasteiger partial charge in [-0.1, -0.05) is 17.7 Å². The third-order valence-corrected chi connectivity index (χ3v) is 4.12. The van der Waals surface area contributed by atoms with Crippen LogP contribution in [0.4, 0.5) is 0 Å². The van der Waals surface area contributed by atoms with Crippen molar-refractivity contribution in [2.75, 3.05) is 0 Å². The van der Waals surface area contributed by atoms with E-state index in [9.17, 15) is 9.59 Å². The molecular weight excluding hydrogens is 212 g/mol. The van der Waals surface area contributed by atoms with Gasteiger partial charge in [0, 0.05) is 11.8 Å². The number of aryl methyl sites for hydroxylation is 3. The molecule has 0 saturated heterocycles. The fourth-order valence-corrected chi connectivity index (χ4v) is 3.32. The van der Waals surface area contributed by atoms with Crippen molar-refractivity contribution in [1.29, 1.82) is 0 Å². The van der Waals surface area contributed by atoms with Gasteiger partial charge in [-0.25, -0.2) is 0 Å². The summed E-state index contributed by atoms with van der Waals surface area (Å²) < 4.78 is 0. The largest absolute Gasteiger partial charge is 0.298 e. The van der Waals surface area contributed by atoms with E-state index in [1.54, 1.807) is 0 Å². The number of carbonyl (C=O) groups is 2. The maximum atomic E-state index is 12.1. The second-order valence-electron chi connectivity index (χ2n) is 5.50. The maximum absolute atomic E-state index is 12.1. The van der Waals surface area contributed by atoms with Crippen LogP contribution in [-0.2, 0) is 9.59 Å². The first-order chi connectivity index (χ1) is 8.00. The second-order valence-corrected chi connectivity index (χ2v) is 5.50. The summed E-state index contributed by atoms with van der Waals surface area (Å²) in [6.45, 7) is 6.04. The molecule has 2 aliphatic rings. The first-order valence-electron chi connectivity index (χ1n) is 6.16. The number of fused-ring (bicyclic) bond motifs is 1. The monoisotopic (exact) mass is 228 g/mol. The quantitative estimate of drug-likeness (QED) is 0.692. The van der Waals surface area contributed by atoms with Crippen molar-refractivity contribution >= 4 is 11.6 Å². The van der Waals surface area contributed by atoms with E-state index in [1.165, 1.54) is 5.56 Å². The summed E-state index contributed by atoms with van der Waals surface area (Å²) in [6.07, 6.45) is 0.804. The molecule has 3 rings (SSSR count). The van der Waals surface area contributed by atoms with Gasteiger partial charge in [-0.05, 0) is 43.9 Å². The Bertz CT molecular complexity index is 499. The maximum Gasteiger partial charge on any atom is 0.151 e. The molecule has 17 heavy (non-hydrogen) atoms. The summed E-state index contributed by atoms with van der Waals surface area (Å²) in [5.74, 6) is -0.0373. The molecule has 1 aromatic rings. The molecule has 2 aliphatic carbocycles. The Morgan fingerprint density at radius 2 is 1.41 bits per heavy atom. The van der Waals surface area contributed by atoms with Gasteiger partial charge in [0.1, 0.15) is 5.92 Å². The van der Waals surface area contributed by atoms with Crippen LogP contribution in [0.1, 0.15) is 34.6 Å². The number of rotatable bonds is 1. The first-order valence-corrected chi connectivity index (χ1v) is 6.16. The van der Waals surface area contributed by atoms with Gasteiger partial charge in [0.2, 0.25) is 0 Å². The Morgan fingerprint density at radius 1 is 0.941 bits per heavy atom. The van der Waals surface area contributed by atoms with Gasteiger partial charge in [-0.15, -0.1) is 0 Å². The van der Waals surface area contributed by atoms with Crippen molar-refractivity contribution in [3.8, 4) is 0 Å². The third kappa shape index (κ3) is 1.40. The highest BCUT2D eigenvalue weighted by Crippen LogP contribution is 2.53. The van der Waals surface area contributed by atoms with E-state index in [-0.39, 0.29) is 23.4 Å². The molecule has 0 radical (unpaired) electrons. The predicted molar refractivity (Wildman–Crippen MR) is 65.0 cm³/mol. The van der Waals surface area contributed by atoms with Gasteiger partial charge in [-0.3, -0.25) is 9.59 Å². The Labute approximate surface area is 101 Å². The highest BCUT2D eigenvalue weighted by molar-refractivity contribution is 6.19. The predicted octanol–water partition coefficient (Wildman–Crippen LogP) is 2.48. The van der Waals surface area contributed by atoms with E-state index in [0.29, 0.717) is 0 Å². The summed E-state index contributed by atoms with van der Waals surface area (Å²) in [5.41, 5.74) is 4.32. The van der Waals surface area contributed by atoms with E-state index in [1.807, 2.05) is 20.8 Å². The minimum absolute atomic E-state index is 0.0487. The molecule has 2 nitrogen and oxygen atoms in total. The minimum Gasteiger partial charge on any atom is -0.298 e. The molecule has 0 N–H and O–H groups in total. The number of benzene rings is 1. The van der Waals surface area contributed by atoms with E-state index >= 15 is 0 Å². The molecule has 0 amide bonds. The topological polar surface area (TPSA) is 34.1 Å². The summed E-state index contributed by atoms with van der Waals surface area (Å²) in [6, 6.07) is 4.12. The fourth-order valence-electron chi connectivity index (χ4n) is 3.32. The molecular formula is C15H16O2. The average Bonchev–Trinajstić information content (AvgIpc) is 2.96. The van der Waals surface area contributed by atoms with Crippen LogP contribution in [0.2, 0.25) is 0 Å². The van der Waals surface area contributed by atoms with Crippen LogP contribution in [0.25, 0.3) is 0 Å². The molecule has 2 atom stereocenters. The minimum atomic E-state index is -0.459. The number of hydrogen-bond acceptors (Lipinski definition) is 2. The smallest absolute Gasteiger partial charge is 0.151 e. The third-order valence-electron chi connectivity index (χ3n) is 4.12. The number of hydrogen-bond donors (Lipinski definition) is 0. The molecule has 2 unspecified atom stereocenters. The number of carbonyl (C=O) groups excluding carboxylic acids is 2. The Kier molecular flexibility index (Phi) is 2.07. The van der Waals surface area contributed by atoms with Gasteiger partial charge in [0.15, 0.2) is 11.6 Å². The van der Waals surface area contributed by atoms with Gasteiger partial charge >= 0.3 is 0 Å². The van der Waals surface area contributed by atoms with E-state index in [2.05, 4.69) is 12.1 Å². The second kappa shape index (κ2) is 3.28. The molecule has 2 heteroatoms. The molecule has 0 bridgehead atoms. The lowest BCUT2D eigenvalue weighted by atomic mass is 9.85. The zero-order valence-corrected chi connectivity index (χ0v) is 10.4. The highest BCUT2D eigenvalue weighted by Gasteiger charge is 2.60. The molecule has 0 heterocycles. The lowest BCUT2D eigenvalue weighted by molar-refractivity contribution is -0.126. The van der Waals surface area contributed by atoms with Crippen LogP contribution >= 0.6 is 0 Å². The lowest BCUT2D eigenvalue weighted by Crippen LogP contribution is -2.19. The van der Waals surface area contributed by atoms with Gasteiger partial charge < -0.3 is 0 Å². The van der Waals surface area contributed by atoms with Crippen molar-refractivity contribution in [1.82, 2.24) is 0 Å². The van der Waals surface area contributed by atoms with Crippen molar-refractivity contribution in [2.45, 2.75) is 33.1 Å². The summed E-state index contributed by atoms with van der Waals surface area (Å²) in [7, 11) is 0. The summed E-state index contributed by atoms with van der Waals surface area (Å²) in [4.78, 5) is 24.3. The van der Waals surface area contributed by atoms with Crippen LogP contribution in [0, 0.1) is 32.6 Å². The highest BCUT2D eigenvalue weighted by atomic mass is 16.2. The van der Waals surface area contributed by atoms with Crippen molar-refractivity contribution in [2.24, 2.45) is 11.8 Å². The van der Waals surface area contributed by atoms with Crippen molar-refractivity contribution in [3.05, 3.63) is 34.4 Å². The number of ketones is 2. The Hall–Kier alpha value is -1.44. The first kappa shape index (κ1) is 10.7. The van der Waals surface area contributed by atoms with E-state index < -0.39 is 5.92 Å². The average molecular weight is 228 g/mol. The van der Waals surface area contributed by atoms with E-state index in [0.717, 1.165) is 23.1 Å². The molecule has 2 fully saturated rings. The van der Waals surface area contributed by atoms with Gasteiger partial charge in [0.25, 0.3) is 0 Å². The molecule has 0 aromatic heterocycles. The molecule has 2 saturated carbocycles. The summed E-state index contributed by atoms with van der Waals surface area (Å²) >= 11 is 0. The zero-order chi connectivity index (χ0) is 12.3. The Morgan fingerprint density at radius 3 is 1.88 bits per heavy atom. The lowest BCUT2D eigenvalue weighted by Gasteiger charge is -2.17. The molecule has 0 spiro atoms. The molecule has 0 aliphatic heterocycles. The number of Topliss-reactive ketones (excluding diaryl/α,β-unsaturated/α-hetero) is 2. The van der Waals surface area contributed by atoms with Gasteiger partial charge in [0.05, 0.1) is 0 Å². The molecule has 1 aromatic carbocycles. The van der Waals surface area contributed by atoms with Crippen LogP contribution in [0.5, 0.6) is 0 Å². The van der Waals surface area contributed by atoms with Crippen molar-refractivity contribution < 1.29 is 9.59 Å². The normalized spacial score (nSPS) is 30.6. The van der Waals surface area contributed by atoms with Crippen LogP contribution in [0.15, 0.2) is 12.1 Å². The standard InChI is InChI=1S/C15H16O2/c1-7-4-8(2)12(9(3)5-7)13-14(16)10-6-11(10)15(13)17/h4-5,10-11,13H,6H2,1-3H3. The molecule has 88 valence electrons. The van der Waals surface area contributed by atoms with Crippen LogP contribution < -0.4 is 0 Å². The van der Waals surface area contributed by atoms with E-state index in [4.69, 9.17) is 0 Å². The fraction of sp³-hybridized carbons (Fsp3) is 0.467. The Balaban J connectivity index is 2.11. The van der Waals surface area contributed by atoms with Crippen molar-refractivity contribution in [3.63, 3.8) is 0 Å². The SMILES string of the molecule is Cc1cc(C)c(C2C(=O)C3CC3C2=O)c(C)c1. The zero-order valence-electron chi connectivity index (χ0n) is 10.4. The summed E-state index contributed by atoms with van der Waals surface area (Å²) in [5, 5.41) is 0. The van der Waals surface area contributed by atoms with Crippen LogP contribution in [-0.4, -0.2) is 11.6 Å². The van der Waals surface area contributed by atoms with Gasteiger partial charge in [-0.2, -0.15) is 0 Å².